The lowest BCUT2D eigenvalue weighted by Gasteiger charge is -2.39. The van der Waals surface area contributed by atoms with Crippen LogP contribution in [0, 0.1) is 0 Å². The van der Waals surface area contributed by atoms with Crippen molar-refractivity contribution in [2.45, 2.75) is 5.41 Å². The maximum atomic E-state index is 6.78. The highest BCUT2D eigenvalue weighted by Gasteiger charge is 2.51. The number of furan rings is 2. The molecule has 266 valence electrons. The van der Waals surface area contributed by atoms with Gasteiger partial charge in [-0.3, -0.25) is 0 Å². The van der Waals surface area contributed by atoms with E-state index in [9.17, 15) is 0 Å². The van der Waals surface area contributed by atoms with Crippen LogP contribution in [0.25, 0.3) is 65.8 Å². The average Bonchev–Trinajstić information content (AvgIpc) is 3.93. The van der Waals surface area contributed by atoms with Crippen molar-refractivity contribution in [3.8, 4) is 22.6 Å². The first-order valence-electron chi connectivity index (χ1n) is 19.4. The number of anilines is 3. The van der Waals surface area contributed by atoms with Crippen LogP contribution in [0.4, 0.5) is 17.1 Å². The fourth-order valence-electron chi connectivity index (χ4n) is 10.0. The molecule has 4 heteroatoms. The molecule has 9 aromatic carbocycles. The van der Waals surface area contributed by atoms with Crippen molar-refractivity contribution in [2.24, 2.45) is 0 Å². The third-order valence-corrected chi connectivity index (χ3v) is 12.3. The molecule has 2 aromatic heterocycles. The van der Waals surface area contributed by atoms with Gasteiger partial charge in [0.05, 0.1) is 16.8 Å². The topological polar surface area (TPSA) is 38.8 Å². The lowest BCUT2D eigenvalue weighted by atomic mass is 9.66. The van der Waals surface area contributed by atoms with Crippen molar-refractivity contribution in [2.75, 3.05) is 4.90 Å². The van der Waals surface area contributed by atoms with Gasteiger partial charge >= 0.3 is 0 Å². The van der Waals surface area contributed by atoms with E-state index < -0.39 is 5.41 Å². The summed E-state index contributed by atoms with van der Waals surface area (Å²) in [5, 5.41) is 6.75. The van der Waals surface area contributed by atoms with Crippen molar-refractivity contribution >= 4 is 71.7 Å². The second kappa shape index (κ2) is 11.2. The standard InChI is InChI=1S/C53H31NO3/c1-2-14-34-32(13-1)27-30-42-50(34)39-29-28-33(31-43(39)53(42)40-19-5-9-25-48(40)55-49-26-10-6-20-41(49)53)54(44-21-11-17-37-35-15-3-7-23-46(35)56-51(37)44)45-22-12-18-38-36-16-4-8-24-47(36)57-52(38)45/h1-31H. The number of para-hydroxylation sites is 6. The zero-order chi connectivity index (χ0) is 37.2. The highest BCUT2D eigenvalue weighted by Crippen LogP contribution is 2.64. The van der Waals surface area contributed by atoms with Gasteiger partial charge in [-0.2, -0.15) is 0 Å². The molecule has 0 N–H and O–H groups in total. The summed E-state index contributed by atoms with van der Waals surface area (Å²) in [7, 11) is 0. The smallest absolute Gasteiger partial charge is 0.159 e. The van der Waals surface area contributed by atoms with Gasteiger partial charge in [0.2, 0.25) is 0 Å². The largest absolute Gasteiger partial charge is 0.457 e. The monoisotopic (exact) mass is 729 g/mol. The minimum atomic E-state index is -0.654. The predicted octanol–water partition coefficient (Wildman–Crippen LogP) is 14.6. The zero-order valence-corrected chi connectivity index (χ0v) is 30.6. The van der Waals surface area contributed by atoms with E-state index in [1.807, 2.05) is 24.3 Å². The van der Waals surface area contributed by atoms with Crippen molar-refractivity contribution in [3.63, 3.8) is 0 Å². The Morgan fingerprint density at radius 3 is 1.58 bits per heavy atom. The van der Waals surface area contributed by atoms with Gasteiger partial charge in [0, 0.05) is 38.4 Å². The van der Waals surface area contributed by atoms with E-state index in [2.05, 4.69) is 169 Å². The summed E-state index contributed by atoms with van der Waals surface area (Å²) in [6, 6.07) is 66.9. The van der Waals surface area contributed by atoms with Gasteiger partial charge in [-0.25, -0.2) is 0 Å². The maximum absolute atomic E-state index is 6.78. The fraction of sp³-hybridized carbons (Fsp3) is 0.0189. The first kappa shape index (κ1) is 30.7. The molecule has 3 heterocycles. The molecule has 1 aliphatic carbocycles. The Morgan fingerprint density at radius 1 is 0.386 bits per heavy atom. The van der Waals surface area contributed by atoms with Gasteiger partial charge in [-0.05, 0) is 81.6 Å². The second-order valence-corrected chi connectivity index (χ2v) is 15.1. The molecule has 0 amide bonds. The Kier molecular flexibility index (Phi) is 6.07. The molecular weight excluding hydrogens is 699 g/mol. The Bertz CT molecular complexity index is 3320. The SMILES string of the molecule is c1ccc2c(c1)Oc1ccccc1C21c2cc(N(c3cccc4c3oc3ccccc34)c3cccc4c3oc3ccccc34)ccc2-c2c1ccc1ccccc21. The van der Waals surface area contributed by atoms with Crippen LogP contribution in [-0.4, -0.2) is 0 Å². The van der Waals surface area contributed by atoms with Crippen LogP contribution >= 0.6 is 0 Å². The average molecular weight is 730 g/mol. The highest BCUT2D eigenvalue weighted by molar-refractivity contribution is 6.14. The highest BCUT2D eigenvalue weighted by atomic mass is 16.5. The molecule has 13 rings (SSSR count). The van der Waals surface area contributed by atoms with E-state index in [1.165, 1.54) is 33.0 Å². The van der Waals surface area contributed by atoms with E-state index in [0.717, 1.165) is 83.6 Å². The number of hydrogen-bond donors (Lipinski definition) is 0. The molecule has 0 unspecified atom stereocenters. The predicted molar refractivity (Wildman–Crippen MR) is 231 cm³/mol. The zero-order valence-electron chi connectivity index (χ0n) is 30.6. The molecule has 2 aliphatic rings. The molecule has 57 heavy (non-hydrogen) atoms. The summed E-state index contributed by atoms with van der Waals surface area (Å²) in [5.41, 5.74) is 12.7. The molecule has 0 bridgehead atoms. The van der Waals surface area contributed by atoms with Crippen LogP contribution in [-0.2, 0) is 5.41 Å². The molecule has 11 aromatic rings. The molecule has 1 aliphatic heterocycles. The summed E-state index contributed by atoms with van der Waals surface area (Å²) in [5.74, 6) is 1.73. The van der Waals surface area contributed by atoms with E-state index >= 15 is 0 Å². The Labute approximate surface area is 327 Å². The summed E-state index contributed by atoms with van der Waals surface area (Å²) in [6.45, 7) is 0. The maximum Gasteiger partial charge on any atom is 0.159 e. The Balaban J connectivity index is 1.17. The molecule has 1 spiro atoms. The van der Waals surface area contributed by atoms with Gasteiger partial charge in [0.25, 0.3) is 0 Å². The van der Waals surface area contributed by atoms with Crippen LogP contribution in [0.3, 0.4) is 0 Å². The molecular formula is C53H31NO3. The number of nitrogens with zero attached hydrogens (tertiary/aromatic N) is 1. The first-order valence-corrected chi connectivity index (χ1v) is 19.4. The summed E-state index contributed by atoms with van der Waals surface area (Å²) < 4.78 is 20.3. The third kappa shape index (κ3) is 4.01. The van der Waals surface area contributed by atoms with Gasteiger partial charge in [-0.15, -0.1) is 0 Å². The summed E-state index contributed by atoms with van der Waals surface area (Å²) in [6.07, 6.45) is 0. The number of benzene rings is 9. The number of fused-ring (bicyclic) bond motifs is 17. The lowest BCUT2D eigenvalue weighted by Crippen LogP contribution is -2.32. The van der Waals surface area contributed by atoms with Crippen molar-refractivity contribution < 1.29 is 13.6 Å². The third-order valence-electron chi connectivity index (χ3n) is 12.3. The van der Waals surface area contributed by atoms with Crippen LogP contribution in [0.2, 0.25) is 0 Å². The number of rotatable bonds is 3. The molecule has 0 radical (unpaired) electrons. The van der Waals surface area contributed by atoms with E-state index in [0.29, 0.717) is 0 Å². The minimum Gasteiger partial charge on any atom is -0.457 e. The molecule has 4 nitrogen and oxygen atoms in total. The number of ether oxygens (including phenoxy) is 1. The minimum absolute atomic E-state index is 0.654. The summed E-state index contributed by atoms with van der Waals surface area (Å²) in [4.78, 5) is 2.33. The van der Waals surface area contributed by atoms with Crippen LogP contribution in [0.1, 0.15) is 22.3 Å². The molecule has 0 saturated heterocycles. The molecule has 0 saturated carbocycles. The van der Waals surface area contributed by atoms with Crippen LogP contribution in [0.5, 0.6) is 11.5 Å². The van der Waals surface area contributed by atoms with E-state index in [-0.39, 0.29) is 0 Å². The first-order chi connectivity index (χ1) is 28.3. The Hall–Kier alpha value is -7.56. The molecule has 0 atom stereocenters. The number of hydrogen-bond acceptors (Lipinski definition) is 4. The van der Waals surface area contributed by atoms with Crippen molar-refractivity contribution in [3.05, 3.63) is 210 Å². The van der Waals surface area contributed by atoms with Gasteiger partial charge in [-0.1, -0.05) is 140 Å². The van der Waals surface area contributed by atoms with Crippen LogP contribution in [0.15, 0.2) is 197 Å². The van der Waals surface area contributed by atoms with Crippen molar-refractivity contribution in [1.82, 2.24) is 0 Å². The van der Waals surface area contributed by atoms with Gasteiger partial charge < -0.3 is 18.5 Å². The lowest BCUT2D eigenvalue weighted by molar-refractivity contribution is 0.436. The second-order valence-electron chi connectivity index (χ2n) is 15.1. The van der Waals surface area contributed by atoms with Gasteiger partial charge in [0.15, 0.2) is 11.2 Å². The quantitative estimate of drug-likeness (QED) is 0.181. The van der Waals surface area contributed by atoms with Crippen molar-refractivity contribution in [1.29, 1.82) is 0 Å². The van der Waals surface area contributed by atoms with Gasteiger partial charge in [0.1, 0.15) is 22.7 Å². The molecule has 0 fully saturated rings. The van der Waals surface area contributed by atoms with Crippen LogP contribution < -0.4 is 9.64 Å². The van der Waals surface area contributed by atoms with E-state index in [1.54, 1.807) is 0 Å². The summed E-state index contributed by atoms with van der Waals surface area (Å²) >= 11 is 0. The fourth-order valence-corrected chi connectivity index (χ4v) is 10.0. The Morgan fingerprint density at radius 2 is 0.930 bits per heavy atom. The van der Waals surface area contributed by atoms with E-state index in [4.69, 9.17) is 13.6 Å². The normalized spacial score (nSPS) is 13.5.